The standard InChI is InChI=1S/C21H22N4O4S/c1-14(29-16-8-4-3-5-9-16)19(26)23-21-25-24-18(30-21)11-12-22-20(27)15-7-6-10-17(13-15)28-2/h3-10,13-14H,11-12H2,1-2H3,(H,22,27)(H,23,25,26). The fourth-order valence-electron chi connectivity index (χ4n) is 2.52. The van der Waals surface area contributed by atoms with Crippen molar-refractivity contribution in [3.8, 4) is 11.5 Å². The van der Waals surface area contributed by atoms with E-state index >= 15 is 0 Å². The highest BCUT2D eigenvalue weighted by atomic mass is 32.1. The minimum atomic E-state index is -0.679. The van der Waals surface area contributed by atoms with Gasteiger partial charge in [-0.25, -0.2) is 0 Å². The Labute approximate surface area is 178 Å². The zero-order chi connectivity index (χ0) is 21.3. The van der Waals surface area contributed by atoms with Gasteiger partial charge < -0.3 is 14.8 Å². The number of nitrogens with zero attached hydrogens (tertiary/aromatic N) is 2. The van der Waals surface area contributed by atoms with E-state index in [1.807, 2.05) is 18.2 Å². The number of carbonyl (C=O) groups is 2. The third-order valence-corrected chi connectivity index (χ3v) is 4.98. The number of ether oxygens (including phenoxy) is 2. The molecule has 156 valence electrons. The second-order valence-electron chi connectivity index (χ2n) is 6.30. The number of rotatable bonds is 9. The lowest BCUT2D eigenvalue weighted by molar-refractivity contribution is -0.122. The van der Waals surface area contributed by atoms with Crippen LogP contribution in [-0.2, 0) is 11.2 Å². The van der Waals surface area contributed by atoms with Crippen LogP contribution in [0.1, 0.15) is 22.3 Å². The minimum Gasteiger partial charge on any atom is -0.497 e. The van der Waals surface area contributed by atoms with E-state index in [0.29, 0.717) is 40.2 Å². The molecule has 1 atom stereocenters. The normalized spacial score (nSPS) is 11.4. The van der Waals surface area contributed by atoms with Crippen LogP contribution in [0.5, 0.6) is 11.5 Å². The second-order valence-corrected chi connectivity index (χ2v) is 7.36. The molecule has 0 radical (unpaired) electrons. The fourth-order valence-corrected chi connectivity index (χ4v) is 3.26. The molecular formula is C21H22N4O4S. The van der Waals surface area contributed by atoms with E-state index in [-0.39, 0.29) is 11.8 Å². The summed E-state index contributed by atoms with van der Waals surface area (Å²) in [5.41, 5.74) is 0.520. The first-order chi connectivity index (χ1) is 14.5. The Bertz CT molecular complexity index is 993. The molecule has 0 saturated carbocycles. The van der Waals surface area contributed by atoms with E-state index in [1.54, 1.807) is 50.4 Å². The van der Waals surface area contributed by atoms with Crippen LogP contribution >= 0.6 is 11.3 Å². The number of amides is 2. The number of hydrogen-bond donors (Lipinski definition) is 2. The van der Waals surface area contributed by atoms with Crippen molar-refractivity contribution in [2.75, 3.05) is 19.0 Å². The molecule has 2 amide bonds. The molecule has 0 aliphatic carbocycles. The SMILES string of the molecule is COc1cccc(C(=O)NCCc2nnc(NC(=O)C(C)Oc3ccccc3)s2)c1. The van der Waals surface area contributed by atoms with Gasteiger partial charge in [0, 0.05) is 18.5 Å². The molecule has 0 aliphatic rings. The predicted octanol–water partition coefficient (Wildman–Crippen LogP) is 2.93. The van der Waals surface area contributed by atoms with Crippen molar-refractivity contribution in [2.45, 2.75) is 19.4 Å². The minimum absolute atomic E-state index is 0.196. The van der Waals surface area contributed by atoms with Gasteiger partial charge in [-0.05, 0) is 37.3 Å². The van der Waals surface area contributed by atoms with Crippen LogP contribution in [0, 0.1) is 0 Å². The van der Waals surface area contributed by atoms with Crippen molar-refractivity contribution >= 4 is 28.3 Å². The number of anilines is 1. The predicted molar refractivity (Wildman–Crippen MR) is 114 cm³/mol. The summed E-state index contributed by atoms with van der Waals surface area (Å²) >= 11 is 1.26. The molecule has 8 nitrogen and oxygen atoms in total. The molecule has 2 N–H and O–H groups in total. The van der Waals surface area contributed by atoms with Crippen molar-refractivity contribution < 1.29 is 19.1 Å². The summed E-state index contributed by atoms with van der Waals surface area (Å²) in [7, 11) is 1.55. The maximum absolute atomic E-state index is 12.3. The highest BCUT2D eigenvalue weighted by molar-refractivity contribution is 7.15. The van der Waals surface area contributed by atoms with E-state index < -0.39 is 6.10 Å². The van der Waals surface area contributed by atoms with Crippen LogP contribution in [-0.4, -0.2) is 41.8 Å². The Hall–Kier alpha value is -3.46. The highest BCUT2D eigenvalue weighted by Crippen LogP contribution is 2.17. The molecule has 2 aromatic carbocycles. The van der Waals surface area contributed by atoms with Gasteiger partial charge in [0.25, 0.3) is 11.8 Å². The molecule has 3 aromatic rings. The average Bonchev–Trinajstić information content (AvgIpc) is 3.21. The summed E-state index contributed by atoms with van der Waals surface area (Å²) < 4.78 is 10.7. The lowest BCUT2D eigenvalue weighted by Crippen LogP contribution is -2.30. The lowest BCUT2D eigenvalue weighted by atomic mass is 10.2. The number of para-hydroxylation sites is 1. The van der Waals surface area contributed by atoms with Gasteiger partial charge in [-0.3, -0.25) is 14.9 Å². The second kappa shape index (κ2) is 10.4. The summed E-state index contributed by atoms with van der Waals surface area (Å²) in [6.07, 6.45) is -0.179. The number of aromatic nitrogens is 2. The molecule has 3 rings (SSSR count). The van der Waals surface area contributed by atoms with Crippen LogP contribution in [0.25, 0.3) is 0 Å². The van der Waals surface area contributed by atoms with Crippen molar-refractivity contribution in [1.29, 1.82) is 0 Å². The van der Waals surface area contributed by atoms with Crippen LogP contribution in [0.2, 0.25) is 0 Å². The molecule has 0 fully saturated rings. The van der Waals surface area contributed by atoms with Crippen LogP contribution in [0.4, 0.5) is 5.13 Å². The zero-order valence-corrected chi connectivity index (χ0v) is 17.4. The Kier molecular flexibility index (Phi) is 7.34. The first kappa shape index (κ1) is 21.3. The molecular weight excluding hydrogens is 404 g/mol. The fraction of sp³-hybridized carbons (Fsp3) is 0.238. The van der Waals surface area contributed by atoms with Crippen LogP contribution in [0.3, 0.4) is 0 Å². The summed E-state index contributed by atoms with van der Waals surface area (Å²) in [6, 6.07) is 16.0. The first-order valence-electron chi connectivity index (χ1n) is 9.32. The van der Waals surface area contributed by atoms with Gasteiger partial charge in [0.2, 0.25) is 5.13 Å². The molecule has 30 heavy (non-hydrogen) atoms. The van der Waals surface area contributed by atoms with Gasteiger partial charge in [-0.1, -0.05) is 35.6 Å². The number of carbonyl (C=O) groups excluding carboxylic acids is 2. The van der Waals surface area contributed by atoms with E-state index in [1.165, 1.54) is 11.3 Å². The van der Waals surface area contributed by atoms with E-state index in [0.717, 1.165) is 0 Å². The molecule has 0 saturated heterocycles. The molecule has 0 spiro atoms. The van der Waals surface area contributed by atoms with Gasteiger partial charge in [-0.2, -0.15) is 0 Å². The smallest absolute Gasteiger partial charge is 0.266 e. The molecule has 1 aromatic heterocycles. The van der Waals surface area contributed by atoms with E-state index in [2.05, 4.69) is 20.8 Å². The summed E-state index contributed by atoms with van der Waals surface area (Å²) in [5.74, 6) is 0.731. The maximum atomic E-state index is 12.3. The number of benzene rings is 2. The van der Waals surface area contributed by atoms with Gasteiger partial charge in [-0.15, -0.1) is 10.2 Å². The van der Waals surface area contributed by atoms with Gasteiger partial charge >= 0.3 is 0 Å². The highest BCUT2D eigenvalue weighted by Gasteiger charge is 2.17. The van der Waals surface area contributed by atoms with Gasteiger partial charge in [0.15, 0.2) is 6.10 Å². The summed E-state index contributed by atoms with van der Waals surface area (Å²) in [4.78, 5) is 24.5. The van der Waals surface area contributed by atoms with Crippen molar-refractivity contribution in [2.24, 2.45) is 0 Å². The Morgan fingerprint density at radius 1 is 1.07 bits per heavy atom. The van der Waals surface area contributed by atoms with E-state index in [9.17, 15) is 9.59 Å². The molecule has 1 unspecified atom stereocenters. The number of nitrogens with one attached hydrogen (secondary N) is 2. The summed E-state index contributed by atoms with van der Waals surface area (Å²) in [5, 5.41) is 14.6. The Balaban J connectivity index is 1.45. The van der Waals surface area contributed by atoms with E-state index in [4.69, 9.17) is 9.47 Å². The van der Waals surface area contributed by atoms with Gasteiger partial charge in [0.1, 0.15) is 16.5 Å². The third kappa shape index (κ3) is 6.02. The quantitative estimate of drug-likeness (QED) is 0.545. The first-order valence-corrected chi connectivity index (χ1v) is 10.1. The average molecular weight is 426 g/mol. The molecule has 9 heteroatoms. The largest absolute Gasteiger partial charge is 0.497 e. The third-order valence-electron chi connectivity index (χ3n) is 4.08. The Morgan fingerprint density at radius 2 is 1.83 bits per heavy atom. The Morgan fingerprint density at radius 3 is 2.60 bits per heavy atom. The monoisotopic (exact) mass is 426 g/mol. The molecule has 0 aliphatic heterocycles. The summed E-state index contributed by atoms with van der Waals surface area (Å²) in [6.45, 7) is 2.06. The van der Waals surface area contributed by atoms with Crippen LogP contribution < -0.4 is 20.1 Å². The molecule has 1 heterocycles. The molecule has 0 bridgehead atoms. The van der Waals surface area contributed by atoms with Crippen LogP contribution in [0.15, 0.2) is 54.6 Å². The number of methoxy groups -OCH3 is 1. The van der Waals surface area contributed by atoms with Gasteiger partial charge in [0.05, 0.1) is 7.11 Å². The zero-order valence-electron chi connectivity index (χ0n) is 16.6. The topological polar surface area (TPSA) is 102 Å². The number of hydrogen-bond acceptors (Lipinski definition) is 7. The van der Waals surface area contributed by atoms with Crippen molar-refractivity contribution in [3.63, 3.8) is 0 Å². The maximum Gasteiger partial charge on any atom is 0.266 e. The lowest BCUT2D eigenvalue weighted by Gasteiger charge is -2.13. The van der Waals surface area contributed by atoms with Crippen molar-refractivity contribution in [1.82, 2.24) is 15.5 Å². The van der Waals surface area contributed by atoms with Crippen molar-refractivity contribution in [3.05, 3.63) is 65.2 Å².